The Labute approximate surface area is 130 Å². The molecule has 1 fully saturated rings. The Morgan fingerprint density at radius 1 is 1.55 bits per heavy atom. The van der Waals surface area contributed by atoms with Crippen LogP contribution in [0.1, 0.15) is 39.0 Å². The molecule has 1 aromatic carbocycles. The fourth-order valence-corrected chi connectivity index (χ4v) is 4.37. The van der Waals surface area contributed by atoms with E-state index in [0.717, 1.165) is 37.3 Å². The molecule has 2 rings (SSSR count). The van der Waals surface area contributed by atoms with Crippen molar-refractivity contribution < 1.29 is 0 Å². The first-order valence-corrected chi connectivity index (χ1v) is 8.52. The monoisotopic (exact) mass is 308 g/mol. The second-order valence-electron chi connectivity index (χ2n) is 5.41. The van der Waals surface area contributed by atoms with E-state index in [1.54, 1.807) is 0 Å². The van der Waals surface area contributed by atoms with E-state index in [2.05, 4.69) is 24.4 Å². The molecule has 2 atom stereocenters. The molecule has 1 aromatic rings. The van der Waals surface area contributed by atoms with Gasteiger partial charge in [0.25, 0.3) is 0 Å². The van der Waals surface area contributed by atoms with Crippen molar-refractivity contribution in [2.24, 2.45) is 0 Å². The normalized spacial score (nSPS) is 26.1. The summed E-state index contributed by atoms with van der Waals surface area (Å²) >= 11 is 7.89. The van der Waals surface area contributed by atoms with Crippen molar-refractivity contribution in [2.75, 3.05) is 6.54 Å². The van der Waals surface area contributed by atoms with Crippen molar-refractivity contribution in [2.45, 2.75) is 54.7 Å². The van der Waals surface area contributed by atoms with Crippen molar-refractivity contribution in [3.05, 3.63) is 29.3 Å². The maximum Gasteiger partial charge on any atom is 0.107 e. The molecule has 0 spiro atoms. The molecule has 0 bridgehead atoms. The highest BCUT2D eigenvalue weighted by atomic mass is 35.5. The minimum absolute atomic E-state index is 0.329. The molecular weight excluding hydrogens is 288 g/mol. The van der Waals surface area contributed by atoms with E-state index in [-0.39, 0.29) is 5.54 Å². The van der Waals surface area contributed by atoms with E-state index in [4.69, 9.17) is 11.6 Å². The molecule has 0 saturated heterocycles. The number of benzene rings is 1. The molecule has 0 amide bonds. The molecule has 20 heavy (non-hydrogen) atoms. The second kappa shape index (κ2) is 7.36. The highest BCUT2D eigenvalue weighted by Crippen LogP contribution is 2.38. The van der Waals surface area contributed by atoms with Crippen molar-refractivity contribution in [1.82, 2.24) is 5.32 Å². The van der Waals surface area contributed by atoms with Gasteiger partial charge in [-0.2, -0.15) is 5.26 Å². The first kappa shape index (κ1) is 15.7. The van der Waals surface area contributed by atoms with Crippen LogP contribution in [0.2, 0.25) is 5.02 Å². The second-order valence-corrected chi connectivity index (χ2v) is 7.22. The van der Waals surface area contributed by atoms with Crippen LogP contribution < -0.4 is 5.32 Å². The summed E-state index contributed by atoms with van der Waals surface area (Å²) < 4.78 is 0. The first-order valence-electron chi connectivity index (χ1n) is 7.26. The zero-order valence-corrected chi connectivity index (χ0v) is 13.4. The van der Waals surface area contributed by atoms with Crippen LogP contribution in [-0.2, 0) is 0 Å². The zero-order valence-electron chi connectivity index (χ0n) is 11.9. The average molecular weight is 309 g/mol. The lowest BCUT2D eigenvalue weighted by atomic mass is 9.82. The van der Waals surface area contributed by atoms with Gasteiger partial charge in [-0.15, -0.1) is 11.8 Å². The van der Waals surface area contributed by atoms with Gasteiger partial charge in [-0.1, -0.05) is 24.6 Å². The number of rotatable bonds is 5. The van der Waals surface area contributed by atoms with Gasteiger partial charge >= 0.3 is 0 Å². The van der Waals surface area contributed by atoms with Gasteiger partial charge in [0.05, 0.1) is 6.07 Å². The van der Waals surface area contributed by atoms with E-state index in [0.29, 0.717) is 5.25 Å². The van der Waals surface area contributed by atoms with Gasteiger partial charge in [0, 0.05) is 15.2 Å². The molecule has 2 unspecified atom stereocenters. The van der Waals surface area contributed by atoms with E-state index >= 15 is 0 Å². The van der Waals surface area contributed by atoms with Crippen LogP contribution in [0, 0.1) is 11.3 Å². The first-order chi connectivity index (χ1) is 9.67. The van der Waals surface area contributed by atoms with Crippen molar-refractivity contribution in [3.63, 3.8) is 0 Å². The van der Waals surface area contributed by atoms with Gasteiger partial charge in [-0.25, -0.2) is 0 Å². The molecule has 0 aliphatic heterocycles. The number of hydrogen-bond donors (Lipinski definition) is 1. The number of hydrogen-bond acceptors (Lipinski definition) is 3. The van der Waals surface area contributed by atoms with Gasteiger partial charge in [-0.05, 0) is 56.8 Å². The Hall–Kier alpha value is -0.690. The summed E-state index contributed by atoms with van der Waals surface area (Å²) in [6.45, 7) is 3.06. The van der Waals surface area contributed by atoms with E-state index in [1.807, 2.05) is 30.0 Å². The lowest BCUT2D eigenvalue weighted by Crippen LogP contribution is -2.48. The molecule has 2 nitrogen and oxygen atoms in total. The van der Waals surface area contributed by atoms with Gasteiger partial charge in [-0.3, -0.25) is 5.32 Å². The predicted molar refractivity (Wildman–Crippen MR) is 86.2 cm³/mol. The minimum atomic E-state index is -0.329. The summed E-state index contributed by atoms with van der Waals surface area (Å²) in [5, 5.41) is 14.3. The number of nitriles is 1. The van der Waals surface area contributed by atoms with E-state index < -0.39 is 0 Å². The summed E-state index contributed by atoms with van der Waals surface area (Å²) in [4.78, 5) is 1.20. The molecule has 108 valence electrons. The van der Waals surface area contributed by atoms with E-state index in [9.17, 15) is 5.26 Å². The third kappa shape index (κ3) is 4.15. The van der Waals surface area contributed by atoms with Gasteiger partial charge in [0.1, 0.15) is 5.54 Å². The predicted octanol–water partition coefficient (Wildman–Crippen LogP) is 4.64. The summed E-state index contributed by atoms with van der Waals surface area (Å²) in [6.07, 6.45) is 5.24. The topological polar surface area (TPSA) is 35.8 Å². The van der Waals surface area contributed by atoms with Crippen molar-refractivity contribution in [3.8, 4) is 6.07 Å². The summed E-state index contributed by atoms with van der Waals surface area (Å²) in [5.74, 6) is 0. The summed E-state index contributed by atoms with van der Waals surface area (Å²) in [6, 6.07) is 10.5. The molecule has 4 heteroatoms. The van der Waals surface area contributed by atoms with Gasteiger partial charge in [0.2, 0.25) is 0 Å². The van der Waals surface area contributed by atoms with Crippen LogP contribution in [0.3, 0.4) is 0 Å². The molecule has 1 saturated carbocycles. The van der Waals surface area contributed by atoms with Crippen LogP contribution in [0.15, 0.2) is 29.2 Å². The third-order valence-corrected chi connectivity index (χ3v) is 5.23. The van der Waals surface area contributed by atoms with Crippen LogP contribution >= 0.6 is 23.4 Å². The number of thioether (sulfide) groups is 1. The van der Waals surface area contributed by atoms with Crippen molar-refractivity contribution in [1.29, 1.82) is 5.26 Å². The zero-order chi connectivity index (χ0) is 14.4. The highest BCUT2D eigenvalue weighted by molar-refractivity contribution is 8.00. The molecule has 1 aliphatic rings. The molecule has 0 radical (unpaired) electrons. The van der Waals surface area contributed by atoms with Crippen LogP contribution in [0.4, 0.5) is 0 Å². The molecule has 0 heterocycles. The molecule has 1 N–H and O–H groups in total. The number of nitrogens with zero attached hydrogens (tertiary/aromatic N) is 1. The third-order valence-electron chi connectivity index (χ3n) is 3.73. The Bertz CT molecular complexity index is 486. The van der Waals surface area contributed by atoms with Crippen LogP contribution in [0.25, 0.3) is 0 Å². The highest BCUT2D eigenvalue weighted by Gasteiger charge is 2.36. The fraction of sp³-hybridized carbons (Fsp3) is 0.562. The standard InChI is InChI=1S/C16H21ClN2S/c1-2-9-19-16(12-18)8-4-7-15(11-16)20-14-6-3-5-13(17)10-14/h3,5-6,10,15,19H,2,4,7-9,11H2,1H3. The minimum Gasteiger partial charge on any atom is -0.299 e. The maximum atomic E-state index is 9.55. The number of halogens is 1. The van der Waals surface area contributed by atoms with E-state index in [1.165, 1.54) is 11.3 Å². The SMILES string of the molecule is CCCNC1(C#N)CCCC(Sc2cccc(Cl)c2)C1. The quantitative estimate of drug-likeness (QED) is 0.861. The Morgan fingerprint density at radius 2 is 2.40 bits per heavy atom. The largest absolute Gasteiger partial charge is 0.299 e. The Morgan fingerprint density at radius 3 is 3.10 bits per heavy atom. The molecular formula is C16H21ClN2S. The molecule has 0 aromatic heterocycles. The van der Waals surface area contributed by atoms with Crippen LogP contribution in [0.5, 0.6) is 0 Å². The molecule has 1 aliphatic carbocycles. The fourth-order valence-electron chi connectivity index (χ4n) is 2.72. The Kier molecular flexibility index (Phi) is 5.77. The lowest BCUT2D eigenvalue weighted by molar-refractivity contribution is 0.305. The summed E-state index contributed by atoms with van der Waals surface area (Å²) in [5.41, 5.74) is -0.329. The average Bonchev–Trinajstić information content (AvgIpc) is 2.45. The smallest absolute Gasteiger partial charge is 0.107 e. The van der Waals surface area contributed by atoms with Gasteiger partial charge < -0.3 is 0 Å². The van der Waals surface area contributed by atoms with Crippen molar-refractivity contribution >= 4 is 23.4 Å². The summed E-state index contributed by atoms with van der Waals surface area (Å²) in [7, 11) is 0. The Balaban J connectivity index is 2.01. The maximum absolute atomic E-state index is 9.55. The van der Waals surface area contributed by atoms with Crippen LogP contribution in [-0.4, -0.2) is 17.3 Å². The number of nitrogens with one attached hydrogen (secondary N) is 1. The van der Waals surface area contributed by atoms with Gasteiger partial charge in [0.15, 0.2) is 0 Å². The lowest BCUT2D eigenvalue weighted by Gasteiger charge is -2.36.